The molecule has 0 aromatic carbocycles. The van der Waals surface area contributed by atoms with Crippen LogP contribution < -0.4 is 11.1 Å². The van der Waals surface area contributed by atoms with Crippen molar-refractivity contribution in [2.75, 3.05) is 18.9 Å². The molecule has 0 amide bonds. The highest BCUT2D eigenvalue weighted by Gasteiger charge is 2.34. The highest BCUT2D eigenvalue weighted by molar-refractivity contribution is 5.66. The predicted octanol–water partition coefficient (Wildman–Crippen LogP) is 2.77. The number of aromatic nitrogens is 3. The van der Waals surface area contributed by atoms with Crippen LogP contribution in [0, 0.1) is 5.92 Å². The average Bonchev–Trinajstić information content (AvgIpc) is 3.26. The Morgan fingerprint density at radius 1 is 1.36 bits per heavy atom. The number of rotatable bonds is 5. The number of pyridine rings is 1. The molecular weight excluding hydrogens is 274 g/mol. The van der Waals surface area contributed by atoms with Gasteiger partial charge in [0.2, 0.25) is 0 Å². The summed E-state index contributed by atoms with van der Waals surface area (Å²) >= 11 is 0. The van der Waals surface area contributed by atoms with Crippen LogP contribution in [0.2, 0.25) is 0 Å². The summed E-state index contributed by atoms with van der Waals surface area (Å²) in [5.74, 6) is 1.30. The molecule has 0 radical (unpaired) electrons. The predicted molar refractivity (Wildman–Crippen MR) is 87.8 cm³/mol. The van der Waals surface area contributed by atoms with E-state index in [2.05, 4.69) is 27.2 Å². The molecule has 2 aromatic rings. The van der Waals surface area contributed by atoms with Crippen LogP contribution >= 0.6 is 0 Å². The van der Waals surface area contributed by atoms with Crippen LogP contribution in [-0.4, -0.2) is 28.4 Å². The van der Waals surface area contributed by atoms with Gasteiger partial charge in [0.05, 0.1) is 17.4 Å². The van der Waals surface area contributed by atoms with Crippen LogP contribution in [0.4, 0.5) is 5.69 Å². The zero-order chi connectivity index (χ0) is 15.1. The van der Waals surface area contributed by atoms with Crippen molar-refractivity contribution in [3.63, 3.8) is 0 Å². The van der Waals surface area contributed by atoms with E-state index in [-0.39, 0.29) is 0 Å². The Balaban J connectivity index is 1.67. The van der Waals surface area contributed by atoms with Crippen molar-refractivity contribution in [2.45, 2.75) is 37.6 Å². The zero-order valence-corrected chi connectivity index (χ0v) is 13.0. The highest BCUT2D eigenvalue weighted by atomic mass is 15.3. The first-order chi connectivity index (χ1) is 10.8. The molecule has 0 bridgehead atoms. The van der Waals surface area contributed by atoms with Crippen molar-refractivity contribution in [3.8, 4) is 11.3 Å². The molecule has 116 valence electrons. The molecule has 22 heavy (non-hydrogen) atoms. The summed E-state index contributed by atoms with van der Waals surface area (Å²) in [5.41, 5.74) is 10.3. The third-order valence-corrected chi connectivity index (χ3v) is 4.97. The second kappa shape index (κ2) is 5.39. The van der Waals surface area contributed by atoms with Gasteiger partial charge in [-0.05, 0) is 50.3 Å². The summed E-state index contributed by atoms with van der Waals surface area (Å²) in [6.07, 6.45) is 8.89. The van der Waals surface area contributed by atoms with Crippen LogP contribution in [0.25, 0.3) is 11.3 Å². The van der Waals surface area contributed by atoms with Gasteiger partial charge in [0.15, 0.2) is 0 Å². The molecule has 2 aromatic heterocycles. The molecule has 0 saturated heterocycles. The third-order valence-electron chi connectivity index (χ3n) is 4.97. The Hall–Kier alpha value is -1.88. The lowest BCUT2D eigenvalue weighted by Gasteiger charge is -2.34. The van der Waals surface area contributed by atoms with Gasteiger partial charge in [0, 0.05) is 36.6 Å². The van der Waals surface area contributed by atoms with E-state index in [1.54, 1.807) is 0 Å². The maximum absolute atomic E-state index is 5.74. The lowest BCUT2D eigenvalue weighted by atomic mass is 9.80. The number of nitrogens with one attached hydrogen (secondary N) is 1. The molecule has 0 atom stereocenters. The minimum Gasteiger partial charge on any atom is -0.388 e. The fraction of sp³-hybridized carbons (Fsp3) is 0.529. The molecule has 0 unspecified atom stereocenters. The molecule has 5 heteroatoms. The monoisotopic (exact) mass is 297 g/mol. The van der Waals surface area contributed by atoms with Crippen molar-refractivity contribution in [2.24, 2.45) is 11.7 Å². The summed E-state index contributed by atoms with van der Waals surface area (Å²) in [4.78, 5) is 4.56. The number of hydrogen-bond donors (Lipinski definition) is 2. The molecule has 2 aliphatic rings. The van der Waals surface area contributed by atoms with Crippen LogP contribution in [0.15, 0.2) is 24.5 Å². The molecule has 5 nitrogen and oxygen atoms in total. The molecule has 2 saturated carbocycles. The molecule has 2 aliphatic carbocycles. The first-order valence-corrected chi connectivity index (χ1v) is 8.21. The van der Waals surface area contributed by atoms with Gasteiger partial charge in [-0.3, -0.25) is 9.67 Å². The lowest BCUT2D eigenvalue weighted by Crippen LogP contribution is -2.32. The fourth-order valence-corrected chi connectivity index (χ4v) is 3.29. The number of anilines is 1. The molecule has 3 N–H and O–H groups in total. The molecule has 2 heterocycles. The summed E-state index contributed by atoms with van der Waals surface area (Å²) in [7, 11) is 1.94. The number of nitrogens with zero attached hydrogens (tertiary/aromatic N) is 3. The topological polar surface area (TPSA) is 68.8 Å². The van der Waals surface area contributed by atoms with E-state index in [1.807, 2.05) is 19.3 Å². The van der Waals surface area contributed by atoms with E-state index >= 15 is 0 Å². The normalized spacial score (nSPS) is 24.1. The first-order valence-electron chi connectivity index (χ1n) is 8.21. The van der Waals surface area contributed by atoms with Crippen molar-refractivity contribution in [3.05, 3.63) is 30.2 Å². The number of nitrogens with two attached hydrogens (primary N) is 1. The third kappa shape index (κ3) is 2.39. The molecule has 2 fully saturated rings. The standard InChI is InChI=1S/C17H23N5/c1-19-13-4-5-20-16(8-13)15-10-22(14-6-11(7-14)9-18)21-17(15)12-2-3-12/h4-5,8,10-12,14H,2-3,6-7,9,18H2,1H3,(H,19,20). The second-order valence-corrected chi connectivity index (χ2v) is 6.59. The highest BCUT2D eigenvalue weighted by Crippen LogP contribution is 2.45. The minimum absolute atomic E-state index is 0.521. The van der Waals surface area contributed by atoms with Gasteiger partial charge < -0.3 is 11.1 Å². The lowest BCUT2D eigenvalue weighted by molar-refractivity contribution is 0.189. The first kappa shape index (κ1) is 13.8. The van der Waals surface area contributed by atoms with Gasteiger partial charge in [-0.2, -0.15) is 5.10 Å². The van der Waals surface area contributed by atoms with Gasteiger partial charge in [-0.25, -0.2) is 0 Å². The van der Waals surface area contributed by atoms with Crippen molar-refractivity contribution in [1.29, 1.82) is 0 Å². The van der Waals surface area contributed by atoms with Gasteiger partial charge in [0.1, 0.15) is 0 Å². The van der Waals surface area contributed by atoms with E-state index in [9.17, 15) is 0 Å². The molecular formula is C17H23N5. The van der Waals surface area contributed by atoms with Crippen molar-refractivity contribution in [1.82, 2.24) is 14.8 Å². The van der Waals surface area contributed by atoms with Crippen LogP contribution in [0.1, 0.15) is 43.3 Å². The van der Waals surface area contributed by atoms with Gasteiger partial charge in [-0.15, -0.1) is 0 Å². The van der Waals surface area contributed by atoms with Crippen LogP contribution in [0.5, 0.6) is 0 Å². The van der Waals surface area contributed by atoms with Crippen molar-refractivity contribution < 1.29 is 0 Å². The van der Waals surface area contributed by atoms with Crippen molar-refractivity contribution >= 4 is 5.69 Å². The van der Waals surface area contributed by atoms with Crippen LogP contribution in [0.3, 0.4) is 0 Å². The molecule has 0 spiro atoms. The van der Waals surface area contributed by atoms with Crippen LogP contribution in [-0.2, 0) is 0 Å². The second-order valence-electron chi connectivity index (χ2n) is 6.59. The largest absolute Gasteiger partial charge is 0.388 e. The molecule has 0 aliphatic heterocycles. The average molecular weight is 297 g/mol. The van der Waals surface area contributed by atoms with E-state index in [0.717, 1.165) is 30.8 Å². The Labute approximate surface area is 130 Å². The minimum atomic E-state index is 0.521. The van der Waals surface area contributed by atoms with Gasteiger partial charge in [0.25, 0.3) is 0 Å². The summed E-state index contributed by atoms with van der Waals surface area (Å²) < 4.78 is 2.17. The fourth-order valence-electron chi connectivity index (χ4n) is 3.29. The summed E-state index contributed by atoms with van der Waals surface area (Å²) in [6, 6.07) is 4.62. The Kier molecular flexibility index (Phi) is 3.37. The van der Waals surface area contributed by atoms with Gasteiger partial charge >= 0.3 is 0 Å². The van der Waals surface area contributed by atoms with Gasteiger partial charge in [-0.1, -0.05) is 0 Å². The van der Waals surface area contributed by atoms with E-state index < -0.39 is 0 Å². The summed E-state index contributed by atoms with van der Waals surface area (Å²) in [6.45, 7) is 0.797. The van der Waals surface area contributed by atoms with E-state index in [0.29, 0.717) is 17.9 Å². The molecule has 4 rings (SSSR count). The van der Waals surface area contributed by atoms with E-state index in [1.165, 1.54) is 24.1 Å². The quantitative estimate of drug-likeness (QED) is 0.890. The summed E-state index contributed by atoms with van der Waals surface area (Å²) in [5, 5.41) is 8.10. The smallest absolute Gasteiger partial charge is 0.0757 e. The Morgan fingerprint density at radius 3 is 2.86 bits per heavy atom. The maximum atomic E-state index is 5.74. The zero-order valence-electron chi connectivity index (χ0n) is 13.0. The van der Waals surface area contributed by atoms with E-state index in [4.69, 9.17) is 10.8 Å². The Morgan fingerprint density at radius 2 is 2.18 bits per heavy atom. The Bertz CT molecular complexity index is 667. The maximum Gasteiger partial charge on any atom is 0.0757 e. The SMILES string of the molecule is CNc1ccnc(-c2cn(C3CC(CN)C3)nc2C2CC2)c1. The number of hydrogen-bond acceptors (Lipinski definition) is 4.